The first-order valence-corrected chi connectivity index (χ1v) is 8.94. The van der Waals surface area contributed by atoms with Gasteiger partial charge in [0.05, 0.1) is 6.04 Å². The topological polar surface area (TPSA) is 44.7 Å². The SMILES string of the molecule is CN(C)c1ccc2c(c1)OC(C)(C)C(O)C2NCCc1ccc(F)cc1.Cl. The Morgan fingerprint density at radius 2 is 1.81 bits per heavy atom. The Hall–Kier alpha value is -1.82. The molecule has 1 aliphatic heterocycles. The molecule has 4 nitrogen and oxygen atoms in total. The molecule has 0 saturated heterocycles. The minimum absolute atomic E-state index is 0. The summed E-state index contributed by atoms with van der Waals surface area (Å²) in [6.07, 6.45) is 0.0871. The van der Waals surface area contributed by atoms with Crippen molar-refractivity contribution in [1.82, 2.24) is 5.32 Å². The zero-order chi connectivity index (χ0) is 18.9. The maximum Gasteiger partial charge on any atom is 0.131 e. The van der Waals surface area contributed by atoms with E-state index in [2.05, 4.69) is 5.32 Å². The second-order valence-corrected chi connectivity index (χ2v) is 7.58. The first kappa shape index (κ1) is 21.5. The van der Waals surface area contributed by atoms with E-state index in [0.29, 0.717) is 6.54 Å². The quantitative estimate of drug-likeness (QED) is 0.811. The number of hydrogen-bond acceptors (Lipinski definition) is 4. The minimum Gasteiger partial charge on any atom is -0.485 e. The molecule has 0 spiro atoms. The lowest BCUT2D eigenvalue weighted by molar-refractivity contribution is -0.0643. The van der Waals surface area contributed by atoms with Crippen LogP contribution in [0.3, 0.4) is 0 Å². The number of hydrogen-bond donors (Lipinski definition) is 2. The molecule has 2 aromatic rings. The highest BCUT2D eigenvalue weighted by molar-refractivity contribution is 5.85. The van der Waals surface area contributed by atoms with Gasteiger partial charge in [-0.1, -0.05) is 18.2 Å². The Morgan fingerprint density at radius 3 is 2.44 bits per heavy atom. The van der Waals surface area contributed by atoms with Gasteiger partial charge < -0.3 is 20.1 Å². The third kappa shape index (κ3) is 4.72. The molecule has 27 heavy (non-hydrogen) atoms. The summed E-state index contributed by atoms with van der Waals surface area (Å²) in [7, 11) is 3.98. The van der Waals surface area contributed by atoms with Crippen molar-refractivity contribution in [3.63, 3.8) is 0 Å². The summed E-state index contributed by atoms with van der Waals surface area (Å²) in [5, 5.41) is 14.3. The summed E-state index contributed by atoms with van der Waals surface area (Å²) in [6.45, 7) is 4.48. The molecule has 0 radical (unpaired) electrons. The second-order valence-electron chi connectivity index (χ2n) is 7.58. The largest absolute Gasteiger partial charge is 0.485 e. The van der Waals surface area contributed by atoms with Gasteiger partial charge in [-0.25, -0.2) is 4.39 Å². The van der Waals surface area contributed by atoms with E-state index in [4.69, 9.17) is 4.74 Å². The van der Waals surface area contributed by atoms with Gasteiger partial charge in [0.25, 0.3) is 0 Å². The summed E-state index contributed by atoms with van der Waals surface area (Å²) >= 11 is 0. The van der Waals surface area contributed by atoms with Crippen molar-refractivity contribution in [3.8, 4) is 5.75 Å². The van der Waals surface area contributed by atoms with E-state index in [1.165, 1.54) is 12.1 Å². The van der Waals surface area contributed by atoms with Crippen LogP contribution in [0.1, 0.15) is 31.0 Å². The Morgan fingerprint density at radius 1 is 1.15 bits per heavy atom. The lowest BCUT2D eigenvalue weighted by Crippen LogP contribution is -2.52. The summed E-state index contributed by atoms with van der Waals surface area (Å²) in [6, 6.07) is 12.4. The van der Waals surface area contributed by atoms with Crippen LogP contribution in [0.15, 0.2) is 42.5 Å². The molecule has 0 aromatic heterocycles. The molecule has 2 N–H and O–H groups in total. The Labute approximate surface area is 166 Å². The molecule has 1 heterocycles. The van der Waals surface area contributed by atoms with Gasteiger partial charge in [-0.05, 0) is 50.6 Å². The predicted octanol–water partition coefficient (Wildman–Crippen LogP) is 3.72. The first-order chi connectivity index (χ1) is 12.3. The number of aliphatic hydroxyl groups excluding tert-OH is 1. The van der Waals surface area contributed by atoms with E-state index in [9.17, 15) is 9.50 Å². The number of benzene rings is 2. The highest BCUT2D eigenvalue weighted by atomic mass is 35.5. The second kappa shape index (κ2) is 8.46. The molecule has 0 bridgehead atoms. The molecule has 1 aliphatic rings. The van der Waals surface area contributed by atoms with Crippen LogP contribution in [0.2, 0.25) is 0 Å². The number of anilines is 1. The highest BCUT2D eigenvalue weighted by Gasteiger charge is 2.42. The van der Waals surface area contributed by atoms with Crippen LogP contribution < -0.4 is 15.0 Å². The van der Waals surface area contributed by atoms with Crippen molar-refractivity contribution in [2.24, 2.45) is 0 Å². The molecule has 2 unspecified atom stereocenters. The van der Waals surface area contributed by atoms with Crippen LogP contribution in [0.25, 0.3) is 0 Å². The average Bonchev–Trinajstić information content (AvgIpc) is 2.59. The van der Waals surface area contributed by atoms with E-state index in [0.717, 1.165) is 29.0 Å². The maximum atomic E-state index is 13.0. The number of rotatable bonds is 5. The lowest BCUT2D eigenvalue weighted by atomic mass is 9.86. The number of nitrogens with one attached hydrogen (secondary N) is 1. The van der Waals surface area contributed by atoms with Gasteiger partial charge in [-0.15, -0.1) is 12.4 Å². The Bertz CT molecular complexity index is 765. The zero-order valence-corrected chi connectivity index (χ0v) is 17.0. The van der Waals surface area contributed by atoms with Crippen molar-refractivity contribution in [3.05, 3.63) is 59.4 Å². The van der Waals surface area contributed by atoms with Crippen molar-refractivity contribution < 1.29 is 14.2 Å². The molecule has 2 atom stereocenters. The highest BCUT2D eigenvalue weighted by Crippen LogP contribution is 2.41. The Balaban J connectivity index is 0.00000261. The van der Waals surface area contributed by atoms with Crippen LogP contribution in [0, 0.1) is 5.82 Å². The van der Waals surface area contributed by atoms with E-state index in [1.54, 1.807) is 12.1 Å². The van der Waals surface area contributed by atoms with E-state index >= 15 is 0 Å². The number of halogens is 2. The molecular formula is C21H28ClFN2O2. The van der Waals surface area contributed by atoms with Gasteiger partial charge in [0, 0.05) is 31.4 Å². The standard InChI is InChI=1S/C21H27FN2O2.ClH/c1-21(2)20(25)19(23-12-11-14-5-7-15(22)8-6-14)17-10-9-16(24(3)4)13-18(17)26-21;/h5-10,13,19-20,23,25H,11-12H2,1-4H3;1H. The van der Waals surface area contributed by atoms with E-state index < -0.39 is 11.7 Å². The van der Waals surface area contributed by atoms with Crippen molar-refractivity contribution in [2.75, 3.05) is 25.5 Å². The summed E-state index contributed by atoms with van der Waals surface area (Å²) in [4.78, 5) is 2.03. The van der Waals surface area contributed by atoms with Gasteiger partial charge in [0.15, 0.2) is 0 Å². The fourth-order valence-electron chi connectivity index (χ4n) is 3.31. The normalized spacial score (nSPS) is 20.2. The monoisotopic (exact) mass is 394 g/mol. The van der Waals surface area contributed by atoms with Gasteiger partial charge in [0.2, 0.25) is 0 Å². The van der Waals surface area contributed by atoms with Gasteiger partial charge in [-0.3, -0.25) is 0 Å². The molecule has 3 rings (SSSR count). The Kier molecular flexibility index (Phi) is 6.73. The van der Waals surface area contributed by atoms with Crippen LogP contribution in [0.4, 0.5) is 10.1 Å². The molecule has 0 saturated carbocycles. The molecule has 0 aliphatic carbocycles. The smallest absolute Gasteiger partial charge is 0.131 e. The first-order valence-electron chi connectivity index (χ1n) is 8.94. The molecule has 0 fully saturated rings. The van der Waals surface area contributed by atoms with Crippen molar-refractivity contribution >= 4 is 18.1 Å². The van der Waals surface area contributed by atoms with E-state index in [1.807, 2.05) is 51.0 Å². The molecule has 0 amide bonds. The predicted molar refractivity (Wildman–Crippen MR) is 110 cm³/mol. The molecular weight excluding hydrogens is 367 g/mol. The van der Waals surface area contributed by atoms with E-state index in [-0.39, 0.29) is 24.3 Å². The van der Waals surface area contributed by atoms with Gasteiger partial charge in [-0.2, -0.15) is 0 Å². The lowest BCUT2D eigenvalue weighted by Gasteiger charge is -2.42. The summed E-state index contributed by atoms with van der Waals surface area (Å²) in [5.41, 5.74) is 2.39. The number of aliphatic hydroxyl groups is 1. The third-order valence-corrected chi connectivity index (χ3v) is 4.94. The molecule has 148 valence electrons. The van der Waals surface area contributed by atoms with Gasteiger partial charge in [0.1, 0.15) is 23.3 Å². The summed E-state index contributed by atoms with van der Waals surface area (Å²) < 4.78 is 19.1. The van der Waals surface area contributed by atoms with Crippen molar-refractivity contribution in [1.29, 1.82) is 0 Å². The third-order valence-electron chi connectivity index (χ3n) is 4.94. The summed E-state index contributed by atoms with van der Waals surface area (Å²) in [5.74, 6) is 0.569. The van der Waals surface area contributed by atoms with Gasteiger partial charge >= 0.3 is 0 Å². The van der Waals surface area contributed by atoms with Crippen molar-refractivity contribution in [2.45, 2.75) is 38.0 Å². The van der Waals surface area contributed by atoms with Crippen LogP contribution in [-0.2, 0) is 6.42 Å². The molecule has 6 heteroatoms. The fourth-order valence-corrected chi connectivity index (χ4v) is 3.31. The fraction of sp³-hybridized carbons (Fsp3) is 0.429. The zero-order valence-electron chi connectivity index (χ0n) is 16.2. The maximum absolute atomic E-state index is 13.0. The molecule has 2 aromatic carbocycles. The van der Waals surface area contributed by atoms with Crippen LogP contribution in [-0.4, -0.2) is 37.5 Å². The number of ether oxygens (including phenoxy) is 1. The van der Waals surface area contributed by atoms with Crippen LogP contribution >= 0.6 is 12.4 Å². The van der Waals surface area contributed by atoms with Crippen LogP contribution in [0.5, 0.6) is 5.75 Å². The minimum atomic E-state index is -0.689. The number of nitrogens with zero attached hydrogens (tertiary/aromatic N) is 1. The average molecular weight is 395 g/mol. The number of fused-ring (bicyclic) bond motifs is 1.